The van der Waals surface area contributed by atoms with Crippen LogP contribution in [0.4, 0.5) is 5.82 Å². The van der Waals surface area contributed by atoms with Crippen molar-refractivity contribution in [3.63, 3.8) is 0 Å². The molecular weight excluding hydrogens is 535 g/mol. The zero-order valence-corrected chi connectivity index (χ0v) is 24.3. The van der Waals surface area contributed by atoms with Gasteiger partial charge in [-0.15, -0.1) is 11.3 Å². The maximum absolute atomic E-state index is 13.2. The molecule has 202 valence electrons. The van der Waals surface area contributed by atoms with E-state index < -0.39 is 9.84 Å². The zero-order valence-electron chi connectivity index (χ0n) is 21.8. The van der Waals surface area contributed by atoms with E-state index in [4.69, 9.17) is 9.11 Å². The van der Waals surface area contributed by atoms with Crippen LogP contribution in [0.25, 0.3) is 20.2 Å². The van der Waals surface area contributed by atoms with Crippen LogP contribution in [-0.2, 0) is 9.84 Å². The van der Waals surface area contributed by atoms with Crippen LogP contribution < -0.4 is 9.64 Å². The third-order valence-electron chi connectivity index (χ3n) is 8.31. The normalized spacial score (nSPS) is 21.3. The van der Waals surface area contributed by atoms with Crippen LogP contribution in [0.2, 0.25) is 0 Å². The number of aromatic nitrogens is 1. The van der Waals surface area contributed by atoms with Gasteiger partial charge in [0.15, 0.2) is 9.84 Å². The van der Waals surface area contributed by atoms with Gasteiger partial charge in [0.25, 0.3) is 0 Å². The van der Waals surface area contributed by atoms with Crippen LogP contribution in [0.5, 0.6) is 5.75 Å². The lowest BCUT2D eigenvalue weighted by Gasteiger charge is -2.36. The molecule has 0 spiro atoms. The van der Waals surface area contributed by atoms with E-state index in [-0.39, 0.29) is 11.7 Å². The lowest BCUT2D eigenvalue weighted by molar-refractivity contribution is 0.209. The molecule has 4 aromatic rings. The Morgan fingerprint density at radius 1 is 0.947 bits per heavy atom. The van der Waals surface area contributed by atoms with E-state index in [1.807, 2.05) is 24.3 Å². The Morgan fingerprint density at radius 3 is 2.50 bits per heavy atom. The van der Waals surface area contributed by atoms with Crippen molar-refractivity contribution < 1.29 is 13.2 Å². The number of hydrogen-bond acceptors (Lipinski definition) is 8. The average molecular weight is 570 g/mol. The van der Waals surface area contributed by atoms with E-state index in [2.05, 4.69) is 34.1 Å². The third-order valence-corrected chi connectivity index (χ3v) is 12.7. The molecule has 2 aromatic heterocycles. The second-order valence-corrected chi connectivity index (χ2v) is 14.9. The first-order chi connectivity index (χ1) is 18.5. The molecule has 2 aromatic carbocycles. The van der Waals surface area contributed by atoms with Crippen LogP contribution in [0, 0.1) is 11.8 Å². The molecule has 0 atom stereocenters. The van der Waals surface area contributed by atoms with E-state index in [0.29, 0.717) is 10.1 Å². The maximum Gasteiger partial charge on any atom is 0.188 e. The fraction of sp³-hybridized carbons (Fsp3) is 0.483. The number of hydrogen-bond donors (Lipinski definition) is 0. The highest BCUT2D eigenvalue weighted by molar-refractivity contribution is 7.93. The molecule has 2 aliphatic rings. The highest BCUT2D eigenvalue weighted by Gasteiger charge is 2.28. The van der Waals surface area contributed by atoms with Gasteiger partial charge in [0.05, 0.1) is 17.6 Å². The van der Waals surface area contributed by atoms with Crippen molar-refractivity contribution in [3.05, 3.63) is 48.5 Å². The van der Waals surface area contributed by atoms with E-state index in [1.54, 1.807) is 18.6 Å². The minimum Gasteiger partial charge on any atom is -0.497 e. The number of benzene rings is 2. The van der Waals surface area contributed by atoms with Crippen molar-refractivity contribution in [1.82, 2.24) is 9.27 Å². The molecule has 1 saturated carbocycles. The minimum absolute atomic E-state index is 0.271. The first-order valence-corrected chi connectivity index (χ1v) is 16.8. The number of thiophene rings is 1. The number of sulfone groups is 1. The molecule has 0 N–H and O–H groups in total. The second-order valence-electron chi connectivity index (χ2n) is 10.8. The van der Waals surface area contributed by atoms with E-state index in [9.17, 15) is 8.42 Å². The fourth-order valence-corrected chi connectivity index (χ4v) is 9.98. The summed E-state index contributed by atoms with van der Waals surface area (Å²) in [5.41, 5.74) is 0. The number of anilines is 1. The summed E-state index contributed by atoms with van der Waals surface area (Å²) in [6.45, 7) is 5.37. The Kier molecular flexibility index (Phi) is 7.62. The molecule has 0 amide bonds. The predicted octanol–water partition coefficient (Wildman–Crippen LogP) is 6.31. The Labute approximate surface area is 233 Å². The van der Waals surface area contributed by atoms with Gasteiger partial charge < -0.3 is 9.64 Å². The summed E-state index contributed by atoms with van der Waals surface area (Å²) in [4.78, 5) is 5.03. The third kappa shape index (κ3) is 5.57. The lowest BCUT2D eigenvalue weighted by atomic mass is 9.81. The first-order valence-electron chi connectivity index (χ1n) is 13.6. The number of piperazine rings is 1. The average Bonchev–Trinajstić information content (AvgIpc) is 3.57. The largest absolute Gasteiger partial charge is 0.497 e. The van der Waals surface area contributed by atoms with Gasteiger partial charge in [0, 0.05) is 36.3 Å². The van der Waals surface area contributed by atoms with Crippen molar-refractivity contribution in [1.29, 1.82) is 0 Å². The lowest BCUT2D eigenvalue weighted by Crippen LogP contribution is -2.47. The van der Waals surface area contributed by atoms with E-state index >= 15 is 0 Å². The Bertz CT molecular complexity index is 1500. The SMILES string of the molecule is COc1ccc2sc(S(=O)(=O)CC3CCC(CCN4CCN(c5nsc6ccccc56)CC4)CC3)cc2c1. The molecule has 1 saturated heterocycles. The molecule has 0 bridgehead atoms. The molecule has 0 unspecified atom stereocenters. The number of ether oxygens (including phenoxy) is 1. The van der Waals surface area contributed by atoms with Crippen LogP contribution in [0.3, 0.4) is 0 Å². The minimum atomic E-state index is -3.27. The highest BCUT2D eigenvalue weighted by atomic mass is 32.2. The molecular formula is C29H35N3O3S3. The molecule has 1 aliphatic carbocycles. The van der Waals surface area contributed by atoms with Crippen LogP contribution in [0.1, 0.15) is 32.1 Å². The monoisotopic (exact) mass is 569 g/mol. The summed E-state index contributed by atoms with van der Waals surface area (Å²) in [5.74, 6) is 3.16. The summed E-state index contributed by atoms with van der Waals surface area (Å²) in [7, 11) is -1.63. The molecule has 1 aliphatic heterocycles. The Balaban J connectivity index is 0.956. The van der Waals surface area contributed by atoms with Gasteiger partial charge in [-0.05, 0) is 91.0 Å². The number of rotatable bonds is 8. The number of fused-ring (bicyclic) bond motifs is 2. The molecule has 2 fully saturated rings. The van der Waals surface area contributed by atoms with E-state index in [0.717, 1.165) is 80.1 Å². The molecule has 6 rings (SSSR count). The molecule has 0 radical (unpaired) electrons. The van der Waals surface area contributed by atoms with Gasteiger partial charge in [0.1, 0.15) is 15.8 Å². The van der Waals surface area contributed by atoms with Crippen molar-refractivity contribution in [3.8, 4) is 5.75 Å². The van der Waals surface area contributed by atoms with Gasteiger partial charge in [-0.25, -0.2) is 8.42 Å². The smallest absolute Gasteiger partial charge is 0.188 e. The number of nitrogens with zero attached hydrogens (tertiary/aromatic N) is 3. The maximum atomic E-state index is 13.2. The molecule has 3 heterocycles. The van der Waals surface area contributed by atoms with Crippen molar-refractivity contribution in [2.24, 2.45) is 11.8 Å². The highest BCUT2D eigenvalue weighted by Crippen LogP contribution is 2.36. The van der Waals surface area contributed by atoms with Gasteiger partial charge in [-0.2, -0.15) is 4.37 Å². The Morgan fingerprint density at radius 2 is 1.71 bits per heavy atom. The van der Waals surface area contributed by atoms with Gasteiger partial charge in [0.2, 0.25) is 0 Å². The quantitative estimate of drug-likeness (QED) is 0.248. The zero-order chi connectivity index (χ0) is 26.1. The number of methoxy groups -OCH3 is 1. The topological polar surface area (TPSA) is 62.7 Å². The summed E-state index contributed by atoms with van der Waals surface area (Å²) < 4.78 is 39.1. The first kappa shape index (κ1) is 26.0. The second kappa shape index (κ2) is 11.1. The Hall–Kier alpha value is -2.20. The molecule has 38 heavy (non-hydrogen) atoms. The van der Waals surface area contributed by atoms with Crippen LogP contribution in [0.15, 0.2) is 52.7 Å². The molecule has 6 nitrogen and oxygen atoms in total. The summed E-state index contributed by atoms with van der Waals surface area (Å²) in [5, 5.41) is 2.22. The van der Waals surface area contributed by atoms with E-state index in [1.165, 1.54) is 27.8 Å². The summed E-state index contributed by atoms with van der Waals surface area (Å²) >= 11 is 2.97. The van der Waals surface area contributed by atoms with Crippen molar-refractivity contribution in [2.45, 2.75) is 36.3 Å². The van der Waals surface area contributed by atoms with Crippen molar-refractivity contribution >= 4 is 58.7 Å². The summed E-state index contributed by atoms with van der Waals surface area (Å²) in [6.07, 6.45) is 5.56. The van der Waals surface area contributed by atoms with Crippen LogP contribution in [-0.4, -0.2) is 63.3 Å². The standard InChI is InChI=1S/C29H35N3O3S3/c1-35-24-10-11-26-23(18-24)19-28(36-26)38(33,34)20-22-8-6-21(7-9-22)12-13-31-14-16-32(17-15-31)29-25-4-2-3-5-27(25)37-30-29/h2-5,10-11,18-19,21-22H,6-9,12-17,20H2,1H3. The van der Waals surface area contributed by atoms with Gasteiger partial charge in [-0.1, -0.05) is 25.0 Å². The molecule has 9 heteroatoms. The van der Waals surface area contributed by atoms with Gasteiger partial charge in [-0.3, -0.25) is 4.90 Å². The van der Waals surface area contributed by atoms with Gasteiger partial charge >= 0.3 is 0 Å². The predicted molar refractivity (Wildman–Crippen MR) is 159 cm³/mol. The van der Waals surface area contributed by atoms with Crippen LogP contribution >= 0.6 is 22.9 Å². The fourth-order valence-electron chi connectivity index (χ4n) is 6.01. The van der Waals surface area contributed by atoms with Crippen molar-refractivity contribution in [2.75, 3.05) is 50.5 Å². The summed E-state index contributed by atoms with van der Waals surface area (Å²) in [6, 6.07) is 16.1.